The lowest BCUT2D eigenvalue weighted by Crippen LogP contribution is -2.33. The fourth-order valence-electron chi connectivity index (χ4n) is 4.70. The lowest BCUT2D eigenvalue weighted by atomic mass is 9.98. The van der Waals surface area contributed by atoms with Crippen molar-refractivity contribution in [2.24, 2.45) is 0 Å². The Labute approximate surface area is 237 Å². The highest BCUT2D eigenvalue weighted by Gasteiger charge is 2.22. The van der Waals surface area contributed by atoms with Gasteiger partial charge in [-0.25, -0.2) is 4.79 Å². The minimum absolute atomic E-state index is 0.187. The molecule has 0 atom stereocenters. The Kier molecular flexibility index (Phi) is 8.35. The molecule has 39 heavy (non-hydrogen) atoms. The maximum Gasteiger partial charge on any atom is 0.323 e. The third-order valence-corrected chi connectivity index (χ3v) is 7.43. The number of amides is 3. The van der Waals surface area contributed by atoms with Crippen LogP contribution in [0.1, 0.15) is 27.0 Å². The highest BCUT2D eigenvalue weighted by atomic mass is 35.5. The van der Waals surface area contributed by atoms with E-state index >= 15 is 0 Å². The average Bonchev–Trinajstić information content (AvgIpc) is 2.95. The summed E-state index contributed by atoms with van der Waals surface area (Å²) in [5, 5.41) is 9.37. The number of hydrogen-bond donors (Lipinski definition) is 3. The number of hydrogen-bond acceptors (Lipinski definition) is 3. The van der Waals surface area contributed by atoms with Crippen LogP contribution < -0.4 is 20.9 Å². The first kappa shape index (κ1) is 26.6. The standard InChI is InChI=1S/C31H28Cl2N4O2/c32-27-12-10-25(19-28(27)33)36-31(39)35-24-11-13-29(37-17-15-22-8-4-5-9-23(22)20-37)26(18-24)30(38)34-16-14-21-6-2-1-3-7-21/h1-13,18-19H,14-17,20H2,(H,34,38)(H2,35,36,39). The van der Waals surface area contributed by atoms with Crippen LogP contribution in [0.4, 0.5) is 21.9 Å². The molecule has 0 saturated heterocycles. The Balaban J connectivity index is 1.35. The fourth-order valence-corrected chi connectivity index (χ4v) is 5.00. The lowest BCUT2D eigenvalue weighted by molar-refractivity contribution is 0.0954. The monoisotopic (exact) mass is 558 g/mol. The number of benzene rings is 4. The number of halogens is 2. The fraction of sp³-hybridized carbons (Fsp3) is 0.161. The van der Waals surface area contributed by atoms with Gasteiger partial charge in [0.2, 0.25) is 0 Å². The smallest absolute Gasteiger partial charge is 0.323 e. The van der Waals surface area contributed by atoms with Gasteiger partial charge in [0, 0.05) is 36.7 Å². The number of carbonyl (C=O) groups excluding carboxylic acids is 2. The van der Waals surface area contributed by atoms with Crippen molar-refractivity contribution in [2.45, 2.75) is 19.4 Å². The van der Waals surface area contributed by atoms with Gasteiger partial charge in [0.15, 0.2) is 0 Å². The van der Waals surface area contributed by atoms with Crippen LogP contribution in [-0.2, 0) is 19.4 Å². The predicted molar refractivity (Wildman–Crippen MR) is 159 cm³/mol. The van der Waals surface area contributed by atoms with Gasteiger partial charge in [0.25, 0.3) is 5.91 Å². The lowest BCUT2D eigenvalue weighted by Gasteiger charge is -2.32. The maximum atomic E-state index is 13.4. The Hall–Kier alpha value is -4.00. The molecule has 0 bridgehead atoms. The third-order valence-electron chi connectivity index (χ3n) is 6.69. The van der Waals surface area contributed by atoms with E-state index in [1.807, 2.05) is 48.5 Å². The SMILES string of the molecule is O=C(Nc1ccc(Cl)c(Cl)c1)Nc1ccc(N2CCc3ccccc3C2)c(C(=O)NCCc2ccccc2)c1. The van der Waals surface area contributed by atoms with E-state index in [0.29, 0.717) is 40.1 Å². The highest BCUT2D eigenvalue weighted by Crippen LogP contribution is 2.30. The molecule has 0 unspecified atom stereocenters. The first-order valence-corrected chi connectivity index (χ1v) is 13.5. The third kappa shape index (κ3) is 6.72. The van der Waals surface area contributed by atoms with Crippen molar-refractivity contribution in [1.82, 2.24) is 5.32 Å². The van der Waals surface area contributed by atoms with Gasteiger partial charge in [-0.1, -0.05) is 77.8 Å². The summed E-state index contributed by atoms with van der Waals surface area (Å²) in [6.07, 6.45) is 1.63. The van der Waals surface area contributed by atoms with Crippen LogP contribution in [0, 0.1) is 0 Å². The van der Waals surface area contributed by atoms with Gasteiger partial charge in [-0.3, -0.25) is 4.79 Å². The quantitative estimate of drug-likeness (QED) is 0.225. The van der Waals surface area contributed by atoms with Crippen LogP contribution in [0.15, 0.2) is 91.0 Å². The molecule has 1 aliphatic rings. The zero-order valence-electron chi connectivity index (χ0n) is 21.2. The molecule has 0 aliphatic carbocycles. The summed E-state index contributed by atoms with van der Waals surface area (Å²) < 4.78 is 0. The molecular weight excluding hydrogens is 531 g/mol. The Morgan fingerprint density at radius 3 is 2.23 bits per heavy atom. The van der Waals surface area contributed by atoms with Crippen LogP contribution in [0.25, 0.3) is 0 Å². The number of fused-ring (bicyclic) bond motifs is 1. The molecule has 6 nitrogen and oxygen atoms in total. The van der Waals surface area contributed by atoms with Crippen molar-refractivity contribution in [3.63, 3.8) is 0 Å². The molecule has 0 saturated carbocycles. The largest absolute Gasteiger partial charge is 0.366 e. The number of urea groups is 1. The van der Waals surface area contributed by atoms with Crippen LogP contribution >= 0.6 is 23.2 Å². The summed E-state index contributed by atoms with van der Waals surface area (Å²) in [6.45, 7) is 2.01. The van der Waals surface area contributed by atoms with Crippen molar-refractivity contribution in [2.75, 3.05) is 28.6 Å². The van der Waals surface area contributed by atoms with E-state index in [1.54, 1.807) is 24.3 Å². The summed E-state index contributed by atoms with van der Waals surface area (Å²) in [7, 11) is 0. The number of nitrogens with one attached hydrogen (secondary N) is 3. The minimum Gasteiger partial charge on any atom is -0.366 e. The van der Waals surface area contributed by atoms with Crippen molar-refractivity contribution in [3.8, 4) is 0 Å². The van der Waals surface area contributed by atoms with Crippen molar-refractivity contribution >= 4 is 52.2 Å². The maximum absolute atomic E-state index is 13.4. The summed E-state index contributed by atoms with van der Waals surface area (Å²) in [4.78, 5) is 28.4. The molecule has 0 fully saturated rings. The summed E-state index contributed by atoms with van der Waals surface area (Å²) in [5.74, 6) is -0.187. The number of rotatable bonds is 7. The second-order valence-electron chi connectivity index (χ2n) is 9.37. The first-order valence-electron chi connectivity index (χ1n) is 12.8. The predicted octanol–water partition coefficient (Wildman–Crippen LogP) is 7.17. The van der Waals surface area contributed by atoms with Crippen LogP contribution in [0.5, 0.6) is 0 Å². The molecule has 0 radical (unpaired) electrons. The van der Waals surface area contributed by atoms with Gasteiger partial charge in [-0.15, -0.1) is 0 Å². The van der Waals surface area contributed by atoms with E-state index in [0.717, 1.165) is 30.6 Å². The average molecular weight is 559 g/mol. The summed E-state index contributed by atoms with van der Waals surface area (Å²) in [6, 6.07) is 28.2. The molecule has 0 aromatic heterocycles. The normalized spacial score (nSPS) is 12.4. The Morgan fingerprint density at radius 1 is 0.769 bits per heavy atom. The van der Waals surface area contributed by atoms with E-state index in [4.69, 9.17) is 23.2 Å². The second-order valence-corrected chi connectivity index (χ2v) is 10.2. The molecule has 3 amide bonds. The van der Waals surface area contributed by atoms with Crippen molar-refractivity contribution in [1.29, 1.82) is 0 Å². The van der Waals surface area contributed by atoms with Crippen molar-refractivity contribution in [3.05, 3.63) is 123 Å². The number of nitrogens with zero attached hydrogens (tertiary/aromatic N) is 1. The molecule has 4 aromatic carbocycles. The number of anilines is 3. The molecule has 1 heterocycles. The molecule has 3 N–H and O–H groups in total. The minimum atomic E-state index is -0.455. The highest BCUT2D eigenvalue weighted by molar-refractivity contribution is 6.42. The summed E-state index contributed by atoms with van der Waals surface area (Å²) >= 11 is 12.0. The van der Waals surface area contributed by atoms with Gasteiger partial charge in [0.1, 0.15) is 0 Å². The first-order chi connectivity index (χ1) is 19.0. The molecule has 5 rings (SSSR count). The topological polar surface area (TPSA) is 73.5 Å². The van der Waals surface area contributed by atoms with E-state index in [-0.39, 0.29) is 5.91 Å². The summed E-state index contributed by atoms with van der Waals surface area (Å²) in [5.41, 5.74) is 6.08. The molecule has 8 heteroatoms. The molecular formula is C31H28Cl2N4O2. The van der Waals surface area contributed by atoms with E-state index in [1.165, 1.54) is 11.1 Å². The van der Waals surface area contributed by atoms with Gasteiger partial charge in [0.05, 0.1) is 15.6 Å². The molecule has 0 spiro atoms. The van der Waals surface area contributed by atoms with Crippen LogP contribution in [0.2, 0.25) is 10.0 Å². The molecule has 1 aliphatic heterocycles. The van der Waals surface area contributed by atoms with Gasteiger partial charge in [-0.2, -0.15) is 0 Å². The van der Waals surface area contributed by atoms with E-state index < -0.39 is 6.03 Å². The van der Waals surface area contributed by atoms with E-state index in [2.05, 4.69) is 39.0 Å². The molecule has 198 valence electrons. The van der Waals surface area contributed by atoms with Gasteiger partial charge >= 0.3 is 6.03 Å². The van der Waals surface area contributed by atoms with Crippen molar-refractivity contribution < 1.29 is 9.59 Å². The zero-order chi connectivity index (χ0) is 27.2. The van der Waals surface area contributed by atoms with E-state index in [9.17, 15) is 9.59 Å². The second kappa shape index (κ2) is 12.2. The number of carbonyl (C=O) groups is 2. The Bertz CT molecular complexity index is 1490. The molecule has 4 aromatic rings. The van der Waals surface area contributed by atoms with Crippen LogP contribution in [0.3, 0.4) is 0 Å². The van der Waals surface area contributed by atoms with Crippen LogP contribution in [-0.4, -0.2) is 25.0 Å². The van der Waals surface area contributed by atoms with Gasteiger partial charge in [-0.05, 0) is 65.9 Å². The van der Waals surface area contributed by atoms with Gasteiger partial charge < -0.3 is 20.9 Å². The Morgan fingerprint density at radius 2 is 1.46 bits per heavy atom. The zero-order valence-corrected chi connectivity index (χ0v) is 22.7.